The van der Waals surface area contributed by atoms with E-state index in [1.807, 2.05) is 25.1 Å². The molecule has 0 radical (unpaired) electrons. The SMILES string of the molecule is COc1cc2c(cc1O)CN(C)CC2.COc1ccc(C)cc1O. The molecule has 2 aromatic carbocycles. The molecule has 5 heteroatoms. The van der Waals surface area contributed by atoms with Crippen molar-refractivity contribution in [1.82, 2.24) is 4.90 Å². The van der Waals surface area contributed by atoms with E-state index in [-0.39, 0.29) is 11.5 Å². The predicted octanol–water partition coefficient (Wildman–Crippen LogP) is 3.10. The van der Waals surface area contributed by atoms with Gasteiger partial charge in [0.05, 0.1) is 14.2 Å². The van der Waals surface area contributed by atoms with Crippen LogP contribution in [0.2, 0.25) is 0 Å². The average molecular weight is 331 g/mol. The first-order valence-corrected chi connectivity index (χ1v) is 7.85. The Kier molecular flexibility index (Phi) is 5.93. The molecule has 0 fully saturated rings. The first-order chi connectivity index (χ1) is 11.4. The van der Waals surface area contributed by atoms with Crippen molar-refractivity contribution in [3.05, 3.63) is 47.0 Å². The first-order valence-electron chi connectivity index (χ1n) is 7.85. The summed E-state index contributed by atoms with van der Waals surface area (Å²) in [6.45, 7) is 3.90. The molecule has 0 saturated heterocycles. The summed E-state index contributed by atoms with van der Waals surface area (Å²) in [5.41, 5.74) is 3.52. The highest BCUT2D eigenvalue weighted by atomic mass is 16.5. The number of aryl methyl sites for hydroxylation is 1. The molecule has 0 amide bonds. The van der Waals surface area contributed by atoms with Crippen molar-refractivity contribution in [2.24, 2.45) is 0 Å². The molecular weight excluding hydrogens is 306 g/mol. The highest BCUT2D eigenvalue weighted by Crippen LogP contribution is 2.31. The van der Waals surface area contributed by atoms with Gasteiger partial charge in [-0.3, -0.25) is 0 Å². The van der Waals surface area contributed by atoms with Gasteiger partial charge in [-0.25, -0.2) is 0 Å². The molecule has 2 aromatic rings. The van der Waals surface area contributed by atoms with Crippen molar-refractivity contribution < 1.29 is 19.7 Å². The highest BCUT2D eigenvalue weighted by molar-refractivity contribution is 5.47. The van der Waals surface area contributed by atoms with Crippen molar-refractivity contribution >= 4 is 0 Å². The minimum absolute atomic E-state index is 0.197. The Labute approximate surface area is 143 Å². The summed E-state index contributed by atoms with van der Waals surface area (Å²) in [5.74, 6) is 1.53. The summed E-state index contributed by atoms with van der Waals surface area (Å²) in [6, 6.07) is 9.05. The number of hydrogen-bond acceptors (Lipinski definition) is 5. The van der Waals surface area contributed by atoms with Crippen LogP contribution in [0, 0.1) is 6.92 Å². The van der Waals surface area contributed by atoms with E-state index >= 15 is 0 Å². The van der Waals surface area contributed by atoms with Crippen LogP contribution in [-0.2, 0) is 13.0 Å². The molecule has 0 aliphatic carbocycles. The van der Waals surface area contributed by atoms with E-state index in [0.717, 1.165) is 25.1 Å². The summed E-state index contributed by atoms with van der Waals surface area (Å²) >= 11 is 0. The zero-order chi connectivity index (χ0) is 17.7. The maximum absolute atomic E-state index is 9.61. The average Bonchev–Trinajstić information content (AvgIpc) is 2.55. The summed E-state index contributed by atoms with van der Waals surface area (Å²) in [5, 5.41) is 18.8. The number of aromatic hydroxyl groups is 2. The molecule has 24 heavy (non-hydrogen) atoms. The zero-order valence-corrected chi connectivity index (χ0v) is 14.7. The first kappa shape index (κ1) is 17.9. The van der Waals surface area contributed by atoms with Gasteiger partial charge in [0.2, 0.25) is 0 Å². The number of benzene rings is 2. The Morgan fingerprint density at radius 1 is 0.917 bits per heavy atom. The fourth-order valence-corrected chi connectivity index (χ4v) is 2.68. The van der Waals surface area contributed by atoms with Crippen LogP contribution in [0.5, 0.6) is 23.0 Å². The van der Waals surface area contributed by atoms with Gasteiger partial charge in [-0.1, -0.05) is 6.07 Å². The van der Waals surface area contributed by atoms with Gasteiger partial charge in [0.25, 0.3) is 0 Å². The number of fused-ring (bicyclic) bond motifs is 1. The molecule has 5 nitrogen and oxygen atoms in total. The predicted molar refractivity (Wildman–Crippen MR) is 94.1 cm³/mol. The summed E-state index contributed by atoms with van der Waals surface area (Å²) in [4.78, 5) is 2.24. The smallest absolute Gasteiger partial charge is 0.160 e. The molecule has 2 N–H and O–H groups in total. The minimum Gasteiger partial charge on any atom is -0.504 e. The number of rotatable bonds is 2. The monoisotopic (exact) mass is 331 g/mol. The van der Waals surface area contributed by atoms with E-state index in [1.165, 1.54) is 18.2 Å². The van der Waals surface area contributed by atoms with Gasteiger partial charge in [0, 0.05) is 13.1 Å². The van der Waals surface area contributed by atoms with Gasteiger partial charge in [-0.05, 0) is 61.3 Å². The molecular formula is C19H25NO4. The molecule has 1 aliphatic heterocycles. The van der Waals surface area contributed by atoms with Gasteiger partial charge in [0.1, 0.15) is 0 Å². The van der Waals surface area contributed by atoms with Gasteiger partial charge < -0.3 is 24.6 Å². The van der Waals surface area contributed by atoms with Gasteiger partial charge in [-0.2, -0.15) is 0 Å². The van der Waals surface area contributed by atoms with E-state index in [4.69, 9.17) is 14.6 Å². The largest absolute Gasteiger partial charge is 0.504 e. The van der Waals surface area contributed by atoms with E-state index in [9.17, 15) is 5.11 Å². The van der Waals surface area contributed by atoms with Crippen molar-refractivity contribution in [2.45, 2.75) is 19.9 Å². The lowest BCUT2D eigenvalue weighted by atomic mass is 9.99. The number of methoxy groups -OCH3 is 2. The Morgan fingerprint density at radius 3 is 2.21 bits per heavy atom. The third-order valence-corrected chi connectivity index (χ3v) is 4.04. The summed E-state index contributed by atoms with van der Waals surface area (Å²) in [7, 11) is 5.20. The standard InChI is InChI=1S/C11H15NO2.C8H10O2/c1-12-4-3-8-6-11(14-2)10(13)5-9(8)7-12;1-6-3-4-8(10-2)7(9)5-6/h5-6,13H,3-4,7H2,1-2H3;3-5,9H,1-2H3. The zero-order valence-electron chi connectivity index (χ0n) is 14.7. The fraction of sp³-hybridized carbons (Fsp3) is 0.368. The second-order valence-electron chi connectivity index (χ2n) is 5.96. The van der Waals surface area contributed by atoms with Crippen LogP contribution < -0.4 is 9.47 Å². The molecule has 0 atom stereocenters. The second-order valence-corrected chi connectivity index (χ2v) is 5.96. The van der Waals surface area contributed by atoms with E-state index < -0.39 is 0 Å². The van der Waals surface area contributed by atoms with E-state index in [1.54, 1.807) is 19.2 Å². The van der Waals surface area contributed by atoms with Crippen LogP contribution in [0.15, 0.2) is 30.3 Å². The Bertz CT molecular complexity index is 700. The number of ether oxygens (including phenoxy) is 2. The quantitative estimate of drug-likeness (QED) is 0.885. The third kappa shape index (κ3) is 4.32. The third-order valence-electron chi connectivity index (χ3n) is 4.04. The lowest BCUT2D eigenvalue weighted by Gasteiger charge is -2.25. The molecule has 0 bridgehead atoms. The van der Waals surface area contributed by atoms with Crippen molar-refractivity contribution in [3.63, 3.8) is 0 Å². The fourth-order valence-electron chi connectivity index (χ4n) is 2.68. The molecule has 1 aliphatic rings. The van der Waals surface area contributed by atoms with Gasteiger partial charge in [0.15, 0.2) is 23.0 Å². The van der Waals surface area contributed by atoms with Crippen LogP contribution in [-0.4, -0.2) is 42.9 Å². The maximum atomic E-state index is 9.61. The van der Waals surface area contributed by atoms with Gasteiger partial charge >= 0.3 is 0 Å². The van der Waals surface area contributed by atoms with Crippen LogP contribution >= 0.6 is 0 Å². The highest BCUT2D eigenvalue weighted by Gasteiger charge is 2.15. The number of phenolic OH excluding ortho intramolecular Hbond substituents is 2. The number of hydrogen-bond donors (Lipinski definition) is 2. The Morgan fingerprint density at radius 2 is 1.58 bits per heavy atom. The second kappa shape index (κ2) is 7.93. The van der Waals surface area contributed by atoms with E-state index in [0.29, 0.717) is 11.5 Å². The maximum Gasteiger partial charge on any atom is 0.160 e. The summed E-state index contributed by atoms with van der Waals surface area (Å²) < 4.78 is 9.92. The molecule has 130 valence electrons. The normalized spacial score (nSPS) is 13.5. The van der Waals surface area contributed by atoms with Crippen molar-refractivity contribution in [2.75, 3.05) is 27.8 Å². The van der Waals surface area contributed by atoms with Crippen LogP contribution in [0.3, 0.4) is 0 Å². The molecule has 0 aromatic heterocycles. The topological polar surface area (TPSA) is 62.2 Å². The van der Waals surface area contributed by atoms with Crippen LogP contribution in [0.4, 0.5) is 0 Å². The van der Waals surface area contributed by atoms with Crippen LogP contribution in [0.1, 0.15) is 16.7 Å². The van der Waals surface area contributed by atoms with Crippen molar-refractivity contribution in [3.8, 4) is 23.0 Å². The Balaban J connectivity index is 0.000000185. The van der Waals surface area contributed by atoms with Crippen LogP contribution in [0.25, 0.3) is 0 Å². The lowest BCUT2D eigenvalue weighted by Crippen LogP contribution is -2.26. The minimum atomic E-state index is 0.197. The molecule has 3 rings (SSSR count). The lowest BCUT2D eigenvalue weighted by molar-refractivity contribution is 0.309. The van der Waals surface area contributed by atoms with Gasteiger partial charge in [-0.15, -0.1) is 0 Å². The van der Waals surface area contributed by atoms with E-state index in [2.05, 4.69) is 11.9 Å². The van der Waals surface area contributed by atoms with Crippen molar-refractivity contribution in [1.29, 1.82) is 0 Å². The molecule has 0 saturated carbocycles. The molecule has 1 heterocycles. The Hall–Kier alpha value is -2.40. The number of likely N-dealkylation sites (N-methyl/N-ethyl adjacent to an activating group) is 1. The number of phenols is 2. The molecule has 0 spiro atoms. The molecule has 0 unspecified atom stereocenters. The summed E-state index contributed by atoms with van der Waals surface area (Å²) in [6.07, 6.45) is 1.03. The number of nitrogens with zero attached hydrogens (tertiary/aromatic N) is 1.